The molecule has 1 fully saturated rings. The first-order valence-electron chi connectivity index (χ1n) is 9.59. The molecule has 0 spiro atoms. The zero-order valence-corrected chi connectivity index (χ0v) is 16.9. The Balaban J connectivity index is 1.42. The number of piperidine rings is 1. The quantitative estimate of drug-likeness (QED) is 0.533. The maximum absolute atomic E-state index is 5.06. The van der Waals surface area contributed by atoms with E-state index in [1.807, 2.05) is 43.7 Å². The van der Waals surface area contributed by atoms with Crippen molar-refractivity contribution in [1.29, 1.82) is 0 Å². The highest BCUT2D eigenvalue weighted by Gasteiger charge is 2.24. The number of hydrogen-bond acceptors (Lipinski definition) is 6. The minimum Gasteiger partial charge on any atom is -0.334 e. The van der Waals surface area contributed by atoms with Crippen molar-refractivity contribution in [2.75, 3.05) is 13.1 Å². The monoisotopic (exact) mass is 393 g/mol. The first kappa shape index (κ1) is 17.5. The van der Waals surface area contributed by atoms with Gasteiger partial charge in [-0.05, 0) is 32.0 Å². The molecule has 0 aliphatic carbocycles. The Morgan fingerprint density at radius 3 is 2.75 bits per heavy atom. The highest BCUT2D eigenvalue weighted by molar-refractivity contribution is 7.09. The summed E-state index contributed by atoms with van der Waals surface area (Å²) in [5.41, 5.74) is 5.21. The number of aryl methyl sites for hydroxylation is 2. The second-order valence-electron chi connectivity index (χ2n) is 7.50. The van der Waals surface area contributed by atoms with Gasteiger partial charge < -0.3 is 4.57 Å². The third-order valence-electron chi connectivity index (χ3n) is 5.56. The minimum atomic E-state index is 0.474. The van der Waals surface area contributed by atoms with Gasteiger partial charge in [-0.25, -0.2) is 15.0 Å². The fourth-order valence-electron chi connectivity index (χ4n) is 4.01. The summed E-state index contributed by atoms with van der Waals surface area (Å²) in [4.78, 5) is 16.6. The molecule has 1 aliphatic rings. The smallest absolute Gasteiger partial charge is 0.115 e. The minimum absolute atomic E-state index is 0.474. The second-order valence-corrected chi connectivity index (χ2v) is 8.48. The van der Waals surface area contributed by atoms with E-state index in [0.717, 1.165) is 54.8 Å². The molecule has 4 aromatic rings. The van der Waals surface area contributed by atoms with Crippen LogP contribution in [0.25, 0.3) is 22.3 Å². The number of rotatable bonds is 4. The van der Waals surface area contributed by atoms with E-state index in [1.165, 1.54) is 10.7 Å². The highest BCUT2D eigenvalue weighted by Crippen LogP contribution is 2.33. The van der Waals surface area contributed by atoms with Gasteiger partial charge in [0.1, 0.15) is 16.2 Å². The van der Waals surface area contributed by atoms with E-state index in [4.69, 9.17) is 4.98 Å². The molecule has 144 valence electrons. The van der Waals surface area contributed by atoms with Gasteiger partial charge in [0.15, 0.2) is 0 Å². The molecular formula is C20H23N7S. The van der Waals surface area contributed by atoms with E-state index in [9.17, 15) is 0 Å². The van der Waals surface area contributed by atoms with Crippen LogP contribution >= 0.6 is 11.3 Å². The molecule has 8 heteroatoms. The molecule has 5 heterocycles. The molecule has 0 N–H and O–H groups in total. The molecule has 0 atom stereocenters. The van der Waals surface area contributed by atoms with Crippen LogP contribution in [0.4, 0.5) is 0 Å². The number of likely N-dealkylation sites (tertiary alicyclic amines) is 1. The number of aromatic nitrogens is 6. The van der Waals surface area contributed by atoms with Crippen LogP contribution in [-0.4, -0.2) is 47.3 Å². The number of imidazole rings is 1. The van der Waals surface area contributed by atoms with Crippen LogP contribution < -0.4 is 0 Å². The SMILES string of the molecule is Cn1cc(-c2nc(C3CCN(Cc4nccs4)CC3)cc3c2ncn3C)cn1. The second kappa shape index (κ2) is 7.10. The van der Waals surface area contributed by atoms with Crippen LogP contribution in [0, 0.1) is 0 Å². The molecule has 28 heavy (non-hydrogen) atoms. The Morgan fingerprint density at radius 2 is 2.04 bits per heavy atom. The first-order valence-corrected chi connectivity index (χ1v) is 10.5. The number of fused-ring (bicyclic) bond motifs is 1. The summed E-state index contributed by atoms with van der Waals surface area (Å²) in [6.07, 6.45) is 9.88. The fourth-order valence-corrected chi connectivity index (χ4v) is 4.67. The summed E-state index contributed by atoms with van der Waals surface area (Å²) in [5, 5.41) is 7.58. The van der Waals surface area contributed by atoms with Gasteiger partial charge in [0, 0.05) is 49.0 Å². The predicted molar refractivity (Wildman–Crippen MR) is 110 cm³/mol. The summed E-state index contributed by atoms with van der Waals surface area (Å²) in [7, 11) is 3.98. The molecule has 4 aromatic heterocycles. The van der Waals surface area contributed by atoms with E-state index < -0.39 is 0 Å². The van der Waals surface area contributed by atoms with Gasteiger partial charge in [-0.15, -0.1) is 11.3 Å². The third-order valence-corrected chi connectivity index (χ3v) is 6.32. The van der Waals surface area contributed by atoms with E-state index in [-0.39, 0.29) is 0 Å². The summed E-state index contributed by atoms with van der Waals surface area (Å²) in [6, 6.07) is 2.23. The standard InChI is InChI=1S/C20H23N7S/c1-25-13-22-20-17(25)9-16(24-19(20)15-10-23-26(2)11-15)14-3-6-27(7-4-14)12-18-21-5-8-28-18/h5,8-11,13-14H,3-4,6-7,12H2,1-2H3. The van der Waals surface area contributed by atoms with Crippen LogP contribution in [-0.2, 0) is 20.6 Å². The molecule has 0 radical (unpaired) electrons. The fraction of sp³-hybridized carbons (Fsp3) is 0.400. The Kier molecular flexibility index (Phi) is 4.44. The molecule has 7 nitrogen and oxygen atoms in total. The molecule has 1 aliphatic heterocycles. The van der Waals surface area contributed by atoms with Gasteiger partial charge in [-0.1, -0.05) is 0 Å². The zero-order chi connectivity index (χ0) is 19.1. The lowest BCUT2D eigenvalue weighted by atomic mass is 9.92. The van der Waals surface area contributed by atoms with Crippen molar-refractivity contribution in [2.45, 2.75) is 25.3 Å². The lowest BCUT2D eigenvalue weighted by Crippen LogP contribution is -2.32. The van der Waals surface area contributed by atoms with Crippen LogP contribution in [0.1, 0.15) is 29.5 Å². The highest BCUT2D eigenvalue weighted by atomic mass is 32.1. The maximum atomic E-state index is 5.06. The van der Waals surface area contributed by atoms with Crippen LogP contribution in [0.3, 0.4) is 0 Å². The first-order chi connectivity index (χ1) is 13.7. The Labute approximate surface area is 167 Å². The summed E-state index contributed by atoms with van der Waals surface area (Å²) < 4.78 is 3.90. The van der Waals surface area contributed by atoms with Gasteiger partial charge >= 0.3 is 0 Å². The van der Waals surface area contributed by atoms with Gasteiger partial charge in [0.25, 0.3) is 0 Å². The van der Waals surface area contributed by atoms with Crippen molar-refractivity contribution < 1.29 is 0 Å². The maximum Gasteiger partial charge on any atom is 0.115 e. The molecule has 0 amide bonds. The summed E-state index contributed by atoms with van der Waals surface area (Å²) in [5.74, 6) is 0.474. The predicted octanol–water partition coefficient (Wildman–Crippen LogP) is 3.20. The number of thiazole rings is 1. The molecule has 0 aromatic carbocycles. The molecular weight excluding hydrogens is 370 g/mol. The van der Waals surface area contributed by atoms with Gasteiger partial charge in [0.05, 0.1) is 24.6 Å². The number of pyridine rings is 1. The number of hydrogen-bond donors (Lipinski definition) is 0. The van der Waals surface area contributed by atoms with E-state index in [1.54, 1.807) is 11.3 Å². The van der Waals surface area contributed by atoms with Gasteiger partial charge in [-0.2, -0.15) is 5.10 Å². The summed E-state index contributed by atoms with van der Waals surface area (Å²) >= 11 is 1.74. The lowest BCUT2D eigenvalue weighted by Gasteiger charge is -2.31. The Hall–Kier alpha value is -2.58. The van der Waals surface area contributed by atoms with Crippen LogP contribution in [0.2, 0.25) is 0 Å². The average Bonchev–Trinajstić information content (AvgIpc) is 3.45. The van der Waals surface area contributed by atoms with Crippen LogP contribution in [0.5, 0.6) is 0 Å². The van der Waals surface area contributed by atoms with Crippen molar-refractivity contribution >= 4 is 22.4 Å². The largest absolute Gasteiger partial charge is 0.334 e. The van der Waals surface area contributed by atoms with Crippen LogP contribution in [0.15, 0.2) is 36.4 Å². The van der Waals surface area contributed by atoms with Crippen molar-refractivity contribution in [3.63, 3.8) is 0 Å². The third kappa shape index (κ3) is 3.22. The zero-order valence-electron chi connectivity index (χ0n) is 16.1. The molecule has 0 bridgehead atoms. The van der Waals surface area contributed by atoms with Crippen molar-refractivity contribution in [1.82, 2.24) is 34.2 Å². The van der Waals surface area contributed by atoms with Crippen molar-refractivity contribution in [2.24, 2.45) is 14.1 Å². The summed E-state index contributed by atoms with van der Waals surface area (Å²) in [6.45, 7) is 3.12. The van der Waals surface area contributed by atoms with E-state index in [0.29, 0.717) is 5.92 Å². The lowest BCUT2D eigenvalue weighted by molar-refractivity contribution is 0.203. The normalized spacial score (nSPS) is 16.2. The molecule has 0 saturated carbocycles. The van der Waals surface area contributed by atoms with E-state index in [2.05, 4.69) is 36.0 Å². The Morgan fingerprint density at radius 1 is 1.18 bits per heavy atom. The van der Waals surface area contributed by atoms with Crippen molar-refractivity contribution in [3.05, 3.63) is 47.1 Å². The van der Waals surface area contributed by atoms with E-state index >= 15 is 0 Å². The van der Waals surface area contributed by atoms with Gasteiger partial charge in [0.2, 0.25) is 0 Å². The molecule has 0 unspecified atom stereocenters. The number of nitrogens with zero attached hydrogens (tertiary/aromatic N) is 7. The average molecular weight is 394 g/mol. The van der Waals surface area contributed by atoms with Crippen molar-refractivity contribution in [3.8, 4) is 11.3 Å². The Bertz CT molecular complexity index is 1090. The van der Waals surface area contributed by atoms with Gasteiger partial charge in [-0.3, -0.25) is 9.58 Å². The topological polar surface area (TPSA) is 64.7 Å². The molecule has 1 saturated heterocycles. The molecule has 5 rings (SSSR count).